The van der Waals surface area contributed by atoms with Crippen LogP contribution in [0.5, 0.6) is 0 Å². The zero-order chi connectivity index (χ0) is 10.8. The van der Waals surface area contributed by atoms with Gasteiger partial charge >= 0.3 is 5.97 Å². The Morgan fingerprint density at radius 3 is 2.86 bits per heavy atom. The molecule has 1 rings (SSSR count). The molecule has 0 amide bonds. The van der Waals surface area contributed by atoms with Crippen LogP contribution in [0.4, 0.5) is 0 Å². The zero-order valence-electron chi connectivity index (χ0n) is 8.91. The van der Waals surface area contributed by atoms with Crippen LogP contribution in [0.3, 0.4) is 0 Å². The average molecular weight is 195 g/mol. The first-order valence-electron chi connectivity index (χ1n) is 4.81. The van der Waals surface area contributed by atoms with Crippen molar-refractivity contribution < 1.29 is 9.53 Å². The Morgan fingerprint density at radius 2 is 2.36 bits per heavy atom. The first-order valence-corrected chi connectivity index (χ1v) is 4.81. The minimum Gasteiger partial charge on any atom is -0.465 e. The standard InChI is InChI=1S/C11H17NO2/c1-4-14-10(13)11(3)6-5-8(2)7-9(11)12/h5-7,9H,4,12H2,1-3H3. The van der Waals surface area contributed by atoms with Crippen molar-refractivity contribution in [3.63, 3.8) is 0 Å². The third-order valence-electron chi connectivity index (χ3n) is 2.54. The smallest absolute Gasteiger partial charge is 0.317 e. The summed E-state index contributed by atoms with van der Waals surface area (Å²) in [6.45, 7) is 5.94. The molecular formula is C11H17NO2. The Morgan fingerprint density at radius 1 is 1.71 bits per heavy atom. The number of ether oxygens (including phenoxy) is 1. The van der Waals surface area contributed by atoms with E-state index in [1.165, 1.54) is 0 Å². The minimum absolute atomic E-state index is 0.257. The summed E-state index contributed by atoms with van der Waals surface area (Å²) in [6, 6.07) is -0.299. The van der Waals surface area contributed by atoms with Crippen LogP contribution < -0.4 is 5.73 Å². The van der Waals surface area contributed by atoms with Crippen molar-refractivity contribution in [3.8, 4) is 0 Å². The Balaban J connectivity index is 2.86. The van der Waals surface area contributed by atoms with Crippen LogP contribution in [0.1, 0.15) is 20.8 Å². The highest BCUT2D eigenvalue weighted by Crippen LogP contribution is 2.29. The molecular weight excluding hydrogens is 178 g/mol. The lowest BCUT2D eigenvalue weighted by atomic mass is 9.78. The third kappa shape index (κ3) is 1.87. The Hall–Kier alpha value is -1.09. The van der Waals surface area contributed by atoms with E-state index in [0.717, 1.165) is 5.57 Å². The molecule has 0 aliphatic heterocycles. The van der Waals surface area contributed by atoms with Gasteiger partial charge < -0.3 is 10.5 Å². The van der Waals surface area contributed by atoms with E-state index in [-0.39, 0.29) is 12.0 Å². The molecule has 0 heterocycles. The van der Waals surface area contributed by atoms with Crippen molar-refractivity contribution in [3.05, 3.63) is 23.8 Å². The normalized spacial score (nSPS) is 31.1. The molecule has 78 valence electrons. The summed E-state index contributed by atoms with van der Waals surface area (Å²) in [6.07, 6.45) is 5.61. The van der Waals surface area contributed by atoms with Crippen molar-refractivity contribution in [2.75, 3.05) is 6.61 Å². The molecule has 14 heavy (non-hydrogen) atoms. The second-order valence-electron chi connectivity index (χ2n) is 3.77. The van der Waals surface area contributed by atoms with E-state index in [1.54, 1.807) is 13.8 Å². The number of rotatable bonds is 2. The van der Waals surface area contributed by atoms with E-state index < -0.39 is 5.41 Å². The van der Waals surface area contributed by atoms with Gasteiger partial charge in [-0.3, -0.25) is 4.79 Å². The number of hydrogen-bond acceptors (Lipinski definition) is 3. The molecule has 1 aliphatic rings. The average Bonchev–Trinajstić information content (AvgIpc) is 2.12. The van der Waals surface area contributed by atoms with Crippen molar-refractivity contribution in [2.24, 2.45) is 11.1 Å². The maximum atomic E-state index is 11.7. The predicted octanol–water partition coefficient (Wildman–Crippen LogP) is 1.40. The van der Waals surface area contributed by atoms with Crippen molar-refractivity contribution >= 4 is 5.97 Å². The molecule has 0 saturated heterocycles. The summed E-state index contributed by atoms with van der Waals surface area (Å²) >= 11 is 0. The molecule has 0 aromatic rings. The fourth-order valence-electron chi connectivity index (χ4n) is 1.42. The minimum atomic E-state index is -0.713. The van der Waals surface area contributed by atoms with Crippen molar-refractivity contribution in [1.29, 1.82) is 0 Å². The summed E-state index contributed by atoms with van der Waals surface area (Å²) in [5.74, 6) is -0.257. The molecule has 0 aromatic heterocycles. The molecule has 3 nitrogen and oxygen atoms in total. The van der Waals surface area contributed by atoms with Crippen LogP contribution in [-0.2, 0) is 9.53 Å². The quantitative estimate of drug-likeness (QED) is 0.677. The molecule has 3 heteroatoms. The Bertz CT molecular complexity index is 294. The topological polar surface area (TPSA) is 52.3 Å². The predicted molar refractivity (Wildman–Crippen MR) is 55.6 cm³/mol. The van der Waals surface area contributed by atoms with E-state index >= 15 is 0 Å². The van der Waals surface area contributed by atoms with E-state index in [4.69, 9.17) is 10.5 Å². The second-order valence-corrected chi connectivity index (χ2v) is 3.77. The Kier molecular flexibility index (Phi) is 3.11. The van der Waals surface area contributed by atoms with E-state index in [1.807, 2.05) is 25.2 Å². The van der Waals surface area contributed by atoms with Gasteiger partial charge in [0.05, 0.1) is 6.61 Å². The van der Waals surface area contributed by atoms with Gasteiger partial charge in [-0.25, -0.2) is 0 Å². The first-order chi connectivity index (χ1) is 6.50. The number of nitrogens with two attached hydrogens (primary N) is 1. The van der Waals surface area contributed by atoms with Gasteiger partial charge in [0.1, 0.15) is 5.41 Å². The molecule has 1 aliphatic carbocycles. The number of hydrogen-bond donors (Lipinski definition) is 1. The maximum absolute atomic E-state index is 11.7. The molecule has 2 unspecified atom stereocenters. The lowest BCUT2D eigenvalue weighted by Gasteiger charge is -2.31. The number of esters is 1. The van der Waals surface area contributed by atoms with Gasteiger partial charge in [0.25, 0.3) is 0 Å². The molecule has 0 bridgehead atoms. The lowest BCUT2D eigenvalue weighted by Crippen LogP contribution is -2.45. The van der Waals surface area contributed by atoms with Gasteiger partial charge in [0.15, 0.2) is 0 Å². The van der Waals surface area contributed by atoms with Crippen LogP contribution in [-0.4, -0.2) is 18.6 Å². The van der Waals surface area contributed by atoms with E-state index in [0.29, 0.717) is 6.61 Å². The molecule has 0 radical (unpaired) electrons. The molecule has 0 aromatic carbocycles. The SMILES string of the molecule is CCOC(=O)C1(C)C=CC(C)=CC1N. The summed E-state index contributed by atoms with van der Waals surface area (Å²) < 4.78 is 4.99. The van der Waals surface area contributed by atoms with Gasteiger partial charge in [-0.15, -0.1) is 0 Å². The van der Waals surface area contributed by atoms with Gasteiger partial charge in [0.2, 0.25) is 0 Å². The number of carbonyl (C=O) groups excluding carboxylic acids is 1. The maximum Gasteiger partial charge on any atom is 0.317 e. The monoisotopic (exact) mass is 195 g/mol. The summed E-state index contributed by atoms with van der Waals surface area (Å²) in [5.41, 5.74) is 6.28. The summed E-state index contributed by atoms with van der Waals surface area (Å²) in [7, 11) is 0. The number of carbonyl (C=O) groups is 1. The van der Waals surface area contributed by atoms with Crippen molar-refractivity contribution in [2.45, 2.75) is 26.8 Å². The largest absolute Gasteiger partial charge is 0.465 e. The fourth-order valence-corrected chi connectivity index (χ4v) is 1.42. The van der Waals surface area contributed by atoms with Crippen molar-refractivity contribution in [1.82, 2.24) is 0 Å². The van der Waals surface area contributed by atoms with Crippen LogP contribution in [0.15, 0.2) is 23.8 Å². The lowest BCUT2D eigenvalue weighted by molar-refractivity contribution is -0.152. The third-order valence-corrected chi connectivity index (χ3v) is 2.54. The van der Waals surface area contributed by atoms with E-state index in [2.05, 4.69) is 0 Å². The summed E-state index contributed by atoms with van der Waals surface area (Å²) in [5, 5.41) is 0. The first kappa shape index (κ1) is 11.0. The fraction of sp³-hybridized carbons (Fsp3) is 0.545. The van der Waals surface area contributed by atoms with Crippen LogP contribution in [0, 0.1) is 5.41 Å². The molecule has 0 fully saturated rings. The van der Waals surface area contributed by atoms with Gasteiger partial charge in [-0.1, -0.05) is 23.8 Å². The molecule has 0 spiro atoms. The van der Waals surface area contributed by atoms with E-state index in [9.17, 15) is 4.79 Å². The zero-order valence-corrected chi connectivity index (χ0v) is 8.91. The summed E-state index contributed by atoms with van der Waals surface area (Å²) in [4.78, 5) is 11.7. The number of allylic oxidation sites excluding steroid dienone is 2. The Labute approximate surface area is 84.6 Å². The highest BCUT2D eigenvalue weighted by atomic mass is 16.5. The highest BCUT2D eigenvalue weighted by Gasteiger charge is 2.38. The molecule has 2 atom stereocenters. The highest BCUT2D eigenvalue weighted by molar-refractivity contribution is 5.80. The van der Waals surface area contributed by atoms with Gasteiger partial charge in [-0.2, -0.15) is 0 Å². The van der Waals surface area contributed by atoms with Crippen LogP contribution in [0.25, 0.3) is 0 Å². The van der Waals surface area contributed by atoms with Crippen LogP contribution in [0.2, 0.25) is 0 Å². The van der Waals surface area contributed by atoms with Gasteiger partial charge in [-0.05, 0) is 20.8 Å². The molecule has 0 saturated carbocycles. The molecule has 2 N–H and O–H groups in total. The second kappa shape index (κ2) is 3.96. The van der Waals surface area contributed by atoms with Crippen LogP contribution >= 0.6 is 0 Å². The van der Waals surface area contributed by atoms with Gasteiger partial charge in [0, 0.05) is 6.04 Å².